The molecule has 0 saturated carbocycles. The topological polar surface area (TPSA) is 94.9 Å². The van der Waals surface area contributed by atoms with Gasteiger partial charge in [0.15, 0.2) is 0 Å². The van der Waals surface area contributed by atoms with E-state index < -0.39 is 17.5 Å². The van der Waals surface area contributed by atoms with Crippen LogP contribution in [0, 0.1) is 0 Å². The van der Waals surface area contributed by atoms with Crippen LogP contribution in [0.3, 0.4) is 0 Å². The van der Waals surface area contributed by atoms with Crippen LogP contribution in [0.4, 0.5) is 18.9 Å². The van der Waals surface area contributed by atoms with E-state index in [4.69, 9.17) is 23.1 Å². The predicted octanol–water partition coefficient (Wildman–Crippen LogP) is 2.27. The van der Waals surface area contributed by atoms with Crippen LogP contribution in [0.25, 0.3) is 11.1 Å². The third kappa shape index (κ3) is 4.29. The van der Waals surface area contributed by atoms with Gasteiger partial charge in [-0.15, -0.1) is 0 Å². The number of halogens is 4. The second kappa shape index (κ2) is 7.86. The molecule has 2 aliphatic heterocycles. The first-order valence-corrected chi connectivity index (χ1v) is 10.1. The zero-order valence-electron chi connectivity index (χ0n) is 16.8. The molecule has 1 unspecified atom stereocenters. The fourth-order valence-electron chi connectivity index (χ4n) is 3.79. The van der Waals surface area contributed by atoms with E-state index in [0.29, 0.717) is 5.56 Å². The Morgan fingerprint density at radius 3 is 2.29 bits per heavy atom. The van der Waals surface area contributed by atoms with Gasteiger partial charge in [-0.3, -0.25) is 11.2 Å². The highest BCUT2D eigenvalue weighted by Crippen LogP contribution is 2.43. The van der Waals surface area contributed by atoms with Crippen molar-refractivity contribution in [2.75, 3.05) is 38.1 Å². The number of likely N-dealkylation sites (N-methyl/N-ethyl adjacent to an activating group) is 1. The summed E-state index contributed by atoms with van der Waals surface area (Å²) in [4.78, 5) is 8.38. The molecule has 166 valence electrons. The largest absolute Gasteiger partial charge is 0.417 e. The first-order valence-electron chi connectivity index (χ1n) is 9.69. The smallest absolute Gasteiger partial charge is 0.369 e. The summed E-state index contributed by atoms with van der Waals surface area (Å²) in [6.45, 7) is 3.60. The number of benzene rings is 2. The Morgan fingerprint density at radius 1 is 1.10 bits per heavy atom. The van der Waals surface area contributed by atoms with E-state index >= 15 is 0 Å². The minimum absolute atomic E-state index is 0.0317. The van der Waals surface area contributed by atoms with E-state index in [1.54, 1.807) is 12.1 Å². The molecule has 4 rings (SSSR count). The lowest BCUT2D eigenvalue weighted by Gasteiger charge is -2.34. The third-order valence-electron chi connectivity index (χ3n) is 5.54. The van der Waals surface area contributed by atoms with Crippen LogP contribution in [0.15, 0.2) is 41.4 Å². The van der Waals surface area contributed by atoms with Gasteiger partial charge in [-0.1, -0.05) is 23.7 Å². The van der Waals surface area contributed by atoms with Crippen molar-refractivity contribution in [3.8, 4) is 11.1 Å². The van der Waals surface area contributed by atoms with Crippen molar-refractivity contribution in [2.24, 2.45) is 16.5 Å². The van der Waals surface area contributed by atoms with E-state index in [2.05, 4.69) is 32.7 Å². The van der Waals surface area contributed by atoms with E-state index in [9.17, 15) is 13.2 Å². The quantitative estimate of drug-likeness (QED) is 0.569. The average Bonchev–Trinajstić information content (AvgIpc) is 3.07. The van der Waals surface area contributed by atoms with Gasteiger partial charge in [0.25, 0.3) is 0 Å². The van der Waals surface area contributed by atoms with Crippen LogP contribution >= 0.6 is 11.6 Å². The number of nitrogens with zero attached hydrogens (tertiary/aromatic N) is 3. The molecule has 31 heavy (non-hydrogen) atoms. The van der Waals surface area contributed by atoms with E-state index in [1.165, 1.54) is 6.07 Å². The van der Waals surface area contributed by atoms with Gasteiger partial charge in [-0.05, 0) is 36.9 Å². The minimum atomic E-state index is -4.65. The molecule has 1 atom stereocenters. The molecule has 0 aromatic heterocycles. The lowest BCUT2D eigenvalue weighted by atomic mass is 9.94. The van der Waals surface area contributed by atoms with Gasteiger partial charge in [0, 0.05) is 48.0 Å². The molecule has 2 aromatic carbocycles. The second-order valence-electron chi connectivity index (χ2n) is 7.73. The Morgan fingerprint density at radius 2 is 1.74 bits per heavy atom. The number of piperazine rings is 1. The standard InChI is InChI=1S/C20H23ClF3N7/c1-30-6-8-31(9-7-30)14-4-2-12(3-5-14)17-15(19(22,23)24)10-13(11-16(17)21)20(26)27-18(25)28-29-20/h2-5,10-11,29H,6-9,26H2,1H3,(H3,25,27,28). The maximum atomic E-state index is 14.0. The van der Waals surface area contributed by atoms with E-state index in [-0.39, 0.29) is 22.1 Å². The van der Waals surface area contributed by atoms with Gasteiger partial charge in [0.2, 0.25) is 11.7 Å². The molecule has 1 saturated heterocycles. The zero-order valence-corrected chi connectivity index (χ0v) is 17.6. The van der Waals surface area contributed by atoms with Gasteiger partial charge in [0.05, 0.1) is 5.56 Å². The van der Waals surface area contributed by atoms with Crippen LogP contribution in [0.5, 0.6) is 0 Å². The maximum Gasteiger partial charge on any atom is 0.417 e. The summed E-state index contributed by atoms with van der Waals surface area (Å²) in [5, 5.41) is -0.0792. The van der Waals surface area contributed by atoms with E-state index in [1.807, 2.05) is 12.1 Å². The molecular weight excluding hydrogens is 431 g/mol. The van der Waals surface area contributed by atoms with Crippen molar-refractivity contribution < 1.29 is 13.2 Å². The van der Waals surface area contributed by atoms with Crippen LogP contribution in [0.2, 0.25) is 5.02 Å². The molecule has 2 aliphatic rings. The summed E-state index contributed by atoms with van der Waals surface area (Å²) in [6.07, 6.45) is -4.65. The summed E-state index contributed by atoms with van der Waals surface area (Å²) < 4.78 is 41.9. The number of hydrogen-bond donors (Lipinski definition) is 4. The van der Waals surface area contributed by atoms with Gasteiger partial charge < -0.3 is 15.5 Å². The number of alkyl halides is 3. The van der Waals surface area contributed by atoms with Crippen molar-refractivity contribution in [1.82, 2.24) is 15.8 Å². The first kappa shape index (κ1) is 21.7. The fourth-order valence-corrected chi connectivity index (χ4v) is 4.12. The lowest BCUT2D eigenvalue weighted by Crippen LogP contribution is -2.50. The summed E-state index contributed by atoms with van der Waals surface area (Å²) in [7, 11) is 2.06. The fraction of sp³-hybridized carbons (Fsp3) is 0.350. The zero-order chi connectivity index (χ0) is 22.4. The van der Waals surface area contributed by atoms with Gasteiger partial charge >= 0.3 is 6.18 Å². The highest BCUT2D eigenvalue weighted by molar-refractivity contribution is 6.33. The Labute approximate surface area is 182 Å². The number of nitrogens with one attached hydrogen (secondary N) is 2. The highest BCUT2D eigenvalue weighted by Gasteiger charge is 2.39. The first-order chi connectivity index (χ1) is 14.6. The molecule has 2 aromatic rings. The molecule has 11 heteroatoms. The number of rotatable bonds is 3. The average molecular weight is 454 g/mol. The number of anilines is 1. The van der Waals surface area contributed by atoms with E-state index in [0.717, 1.165) is 37.9 Å². The van der Waals surface area contributed by atoms with Crippen LogP contribution in [-0.2, 0) is 12.0 Å². The summed E-state index contributed by atoms with van der Waals surface area (Å²) in [5.41, 5.74) is 17.1. The van der Waals surface area contributed by atoms with Crippen molar-refractivity contribution >= 4 is 23.2 Å². The highest BCUT2D eigenvalue weighted by atomic mass is 35.5. The van der Waals surface area contributed by atoms with Crippen LogP contribution < -0.4 is 27.2 Å². The molecule has 0 bridgehead atoms. The second-order valence-corrected chi connectivity index (χ2v) is 8.14. The predicted molar refractivity (Wildman–Crippen MR) is 115 cm³/mol. The minimum Gasteiger partial charge on any atom is -0.369 e. The van der Waals surface area contributed by atoms with Crippen molar-refractivity contribution in [3.63, 3.8) is 0 Å². The monoisotopic (exact) mass is 453 g/mol. The molecule has 0 spiro atoms. The number of hydrazine groups is 1. The van der Waals surface area contributed by atoms with Crippen molar-refractivity contribution in [3.05, 3.63) is 52.5 Å². The Kier molecular flexibility index (Phi) is 5.50. The maximum absolute atomic E-state index is 14.0. The molecule has 6 N–H and O–H groups in total. The normalized spacial score (nSPS) is 22.4. The van der Waals surface area contributed by atoms with Gasteiger partial charge in [0.1, 0.15) is 0 Å². The number of aliphatic imine (C=N–C) groups is 1. The summed E-state index contributed by atoms with van der Waals surface area (Å²) in [6, 6.07) is 9.29. The molecular formula is C20H23ClF3N7. The summed E-state index contributed by atoms with van der Waals surface area (Å²) in [5.74, 6) is -1.69. The lowest BCUT2D eigenvalue weighted by molar-refractivity contribution is -0.137. The van der Waals surface area contributed by atoms with Crippen molar-refractivity contribution in [1.29, 1.82) is 0 Å². The number of hydrogen-bond acceptors (Lipinski definition) is 7. The Hall–Kier alpha value is -2.53. The van der Waals surface area contributed by atoms with Gasteiger partial charge in [-0.2, -0.15) is 18.6 Å². The SMILES string of the molecule is CN1CCN(c2ccc(-c3c(Cl)cc(C4(N)N=C(N)NN4)cc3C(F)(F)F)cc2)CC1. The molecule has 2 heterocycles. The van der Waals surface area contributed by atoms with Crippen molar-refractivity contribution in [2.45, 2.75) is 12.0 Å². The Bertz CT molecular complexity index is 1000. The number of nitrogens with two attached hydrogens (primary N) is 2. The molecule has 0 aliphatic carbocycles. The third-order valence-corrected chi connectivity index (χ3v) is 5.84. The molecule has 0 radical (unpaired) electrons. The van der Waals surface area contributed by atoms with Gasteiger partial charge in [-0.25, -0.2) is 4.99 Å². The molecule has 1 fully saturated rings. The summed E-state index contributed by atoms with van der Waals surface area (Å²) >= 11 is 6.36. The number of guanidine groups is 1. The Balaban J connectivity index is 1.72. The van der Waals surface area contributed by atoms with Crippen LogP contribution in [-0.4, -0.2) is 44.1 Å². The molecule has 0 amide bonds. The van der Waals surface area contributed by atoms with Crippen LogP contribution in [0.1, 0.15) is 11.1 Å². The molecule has 7 nitrogen and oxygen atoms in total.